The fourth-order valence-corrected chi connectivity index (χ4v) is 3.09. The van der Waals surface area contributed by atoms with Gasteiger partial charge in [0.2, 0.25) is 0 Å². The number of methoxy groups -OCH3 is 4. The minimum absolute atomic E-state index is 0.106. The first kappa shape index (κ1) is 19.8. The van der Waals surface area contributed by atoms with Crippen LogP contribution in [0.3, 0.4) is 0 Å². The molecule has 2 aromatic carbocycles. The Kier molecular flexibility index (Phi) is 7.06. The summed E-state index contributed by atoms with van der Waals surface area (Å²) in [5.41, 5.74) is 1.90. The van der Waals surface area contributed by atoms with E-state index in [0.717, 1.165) is 0 Å². The molecule has 0 bridgehead atoms. The van der Waals surface area contributed by atoms with Gasteiger partial charge in [-0.05, 0) is 29.8 Å². The molecule has 0 saturated carbocycles. The lowest BCUT2D eigenvalue weighted by Gasteiger charge is -2.18. The molecule has 7 heteroatoms. The Morgan fingerprint density at radius 2 is 1.46 bits per heavy atom. The maximum Gasteiger partial charge on any atom is 0.172 e. The summed E-state index contributed by atoms with van der Waals surface area (Å²) in [6.07, 6.45) is 0. The van der Waals surface area contributed by atoms with Gasteiger partial charge < -0.3 is 23.5 Å². The Bertz CT molecular complexity index is 815. The summed E-state index contributed by atoms with van der Waals surface area (Å²) in [5, 5.41) is 0. The normalized spacial score (nSPS) is 12.8. The SMILES string of the molecule is COC(=C(OC)c1cc(CS(=O)[O-])ccc1OC)c1ccccc1OC. The van der Waals surface area contributed by atoms with Crippen LogP contribution >= 0.6 is 0 Å². The third-order valence-corrected chi connectivity index (χ3v) is 4.33. The monoisotopic (exact) mass is 377 g/mol. The Balaban J connectivity index is 2.70. The molecule has 0 aliphatic carbocycles. The van der Waals surface area contributed by atoms with Gasteiger partial charge in [0.1, 0.15) is 11.5 Å². The van der Waals surface area contributed by atoms with Gasteiger partial charge in [-0.2, -0.15) is 0 Å². The van der Waals surface area contributed by atoms with Crippen molar-refractivity contribution in [2.24, 2.45) is 0 Å². The third-order valence-electron chi connectivity index (χ3n) is 3.76. The van der Waals surface area contributed by atoms with E-state index in [0.29, 0.717) is 39.7 Å². The molecule has 140 valence electrons. The first-order valence-corrected chi connectivity index (χ1v) is 8.98. The number of para-hydroxylation sites is 1. The summed E-state index contributed by atoms with van der Waals surface area (Å²) in [4.78, 5) is 0. The third kappa shape index (κ3) is 4.36. The van der Waals surface area contributed by atoms with Crippen LogP contribution in [0, 0.1) is 0 Å². The van der Waals surface area contributed by atoms with Crippen LogP contribution in [0.15, 0.2) is 42.5 Å². The molecule has 2 aromatic rings. The van der Waals surface area contributed by atoms with Crippen LogP contribution in [0.5, 0.6) is 11.5 Å². The Morgan fingerprint density at radius 1 is 0.885 bits per heavy atom. The van der Waals surface area contributed by atoms with Gasteiger partial charge in [-0.1, -0.05) is 29.3 Å². The van der Waals surface area contributed by atoms with Crippen molar-refractivity contribution >= 4 is 22.6 Å². The number of hydrogen-bond acceptors (Lipinski definition) is 6. The molecule has 1 unspecified atom stereocenters. The van der Waals surface area contributed by atoms with Gasteiger partial charge in [0, 0.05) is 5.75 Å². The molecule has 6 nitrogen and oxygen atoms in total. The second-order valence-corrected chi connectivity index (χ2v) is 6.15. The summed E-state index contributed by atoms with van der Waals surface area (Å²) in [6, 6.07) is 12.5. The van der Waals surface area contributed by atoms with Crippen LogP contribution in [-0.2, 0) is 26.3 Å². The maximum absolute atomic E-state index is 11.1. The first-order chi connectivity index (χ1) is 12.5. The first-order valence-electron chi connectivity index (χ1n) is 7.74. The Morgan fingerprint density at radius 3 is 2.04 bits per heavy atom. The van der Waals surface area contributed by atoms with Crippen molar-refractivity contribution in [1.82, 2.24) is 0 Å². The van der Waals surface area contributed by atoms with Crippen LogP contribution in [0.2, 0.25) is 0 Å². The molecule has 0 N–H and O–H groups in total. The smallest absolute Gasteiger partial charge is 0.172 e. The topological polar surface area (TPSA) is 77.1 Å². The zero-order chi connectivity index (χ0) is 19.1. The van der Waals surface area contributed by atoms with E-state index in [9.17, 15) is 8.76 Å². The van der Waals surface area contributed by atoms with Crippen molar-refractivity contribution in [3.05, 3.63) is 59.2 Å². The molecule has 26 heavy (non-hydrogen) atoms. The molecular weight excluding hydrogens is 356 g/mol. The van der Waals surface area contributed by atoms with Crippen LogP contribution in [0.4, 0.5) is 0 Å². The van der Waals surface area contributed by atoms with Gasteiger partial charge in [-0.3, -0.25) is 4.21 Å². The maximum atomic E-state index is 11.1. The summed E-state index contributed by atoms with van der Waals surface area (Å²) >= 11 is -2.20. The van der Waals surface area contributed by atoms with Crippen molar-refractivity contribution in [1.29, 1.82) is 0 Å². The lowest BCUT2D eigenvalue weighted by molar-refractivity contribution is 0.322. The lowest BCUT2D eigenvalue weighted by Crippen LogP contribution is -2.03. The van der Waals surface area contributed by atoms with E-state index in [1.54, 1.807) is 25.3 Å². The van der Waals surface area contributed by atoms with Gasteiger partial charge in [0.05, 0.1) is 39.6 Å². The second-order valence-electron chi connectivity index (χ2n) is 5.25. The number of benzene rings is 2. The molecule has 0 amide bonds. The lowest BCUT2D eigenvalue weighted by atomic mass is 10.0. The van der Waals surface area contributed by atoms with E-state index in [-0.39, 0.29) is 5.75 Å². The zero-order valence-corrected chi connectivity index (χ0v) is 15.9. The van der Waals surface area contributed by atoms with E-state index in [4.69, 9.17) is 18.9 Å². The van der Waals surface area contributed by atoms with E-state index in [1.807, 2.05) is 24.3 Å². The number of hydrogen-bond donors (Lipinski definition) is 0. The molecule has 0 saturated heterocycles. The predicted octanol–water partition coefficient (Wildman–Crippen LogP) is 3.20. The van der Waals surface area contributed by atoms with Gasteiger partial charge in [0.15, 0.2) is 11.5 Å². The van der Waals surface area contributed by atoms with Gasteiger partial charge in [0.25, 0.3) is 0 Å². The molecule has 0 aliphatic rings. The number of rotatable bonds is 8. The molecule has 0 aliphatic heterocycles. The van der Waals surface area contributed by atoms with Gasteiger partial charge in [-0.15, -0.1) is 0 Å². The molecule has 0 radical (unpaired) electrons. The van der Waals surface area contributed by atoms with E-state index in [2.05, 4.69) is 0 Å². The average Bonchev–Trinajstić information content (AvgIpc) is 2.65. The minimum Gasteiger partial charge on any atom is -0.772 e. The van der Waals surface area contributed by atoms with Crippen LogP contribution < -0.4 is 9.47 Å². The van der Waals surface area contributed by atoms with Crippen LogP contribution in [0.1, 0.15) is 16.7 Å². The molecule has 0 aromatic heterocycles. The molecule has 0 heterocycles. The van der Waals surface area contributed by atoms with E-state index in [1.165, 1.54) is 21.3 Å². The van der Waals surface area contributed by atoms with Crippen LogP contribution in [0.25, 0.3) is 11.5 Å². The molecular formula is C19H21O6S-. The van der Waals surface area contributed by atoms with E-state index < -0.39 is 11.1 Å². The molecule has 1 atom stereocenters. The summed E-state index contributed by atoms with van der Waals surface area (Å²) in [6.45, 7) is 0. The minimum atomic E-state index is -2.20. The fourth-order valence-electron chi connectivity index (χ4n) is 2.64. The molecule has 0 spiro atoms. The highest BCUT2D eigenvalue weighted by Gasteiger charge is 2.20. The van der Waals surface area contributed by atoms with Crippen molar-refractivity contribution in [3.8, 4) is 11.5 Å². The number of ether oxygens (including phenoxy) is 4. The summed E-state index contributed by atoms with van der Waals surface area (Å²) < 4.78 is 44.2. The van der Waals surface area contributed by atoms with Crippen molar-refractivity contribution in [2.45, 2.75) is 5.75 Å². The van der Waals surface area contributed by atoms with Gasteiger partial charge >= 0.3 is 0 Å². The predicted molar refractivity (Wildman–Crippen MR) is 99.4 cm³/mol. The highest BCUT2D eigenvalue weighted by molar-refractivity contribution is 7.78. The van der Waals surface area contributed by atoms with Crippen molar-refractivity contribution in [3.63, 3.8) is 0 Å². The highest BCUT2D eigenvalue weighted by atomic mass is 32.2. The molecule has 0 fully saturated rings. The standard InChI is InChI=1S/C19H22O6S/c1-22-16-8-6-5-7-14(16)18(24-3)19(25-4)15-11-13(12-26(20)21)9-10-17(15)23-2/h5-11H,12H2,1-4H3,(H,20,21)/p-1. The van der Waals surface area contributed by atoms with E-state index >= 15 is 0 Å². The highest BCUT2D eigenvalue weighted by Crippen LogP contribution is 2.37. The molecule has 2 rings (SSSR count). The second kappa shape index (κ2) is 9.26. The summed E-state index contributed by atoms with van der Waals surface area (Å²) in [5.74, 6) is 1.91. The fraction of sp³-hybridized carbons (Fsp3) is 0.263. The Hall–Kier alpha value is -2.51. The largest absolute Gasteiger partial charge is 0.772 e. The zero-order valence-electron chi connectivity index (χ0n) is 15.1. The Labute approximate surface area is 155 Å². The summed E-state index contributed by atoms with van der Waals surface area (Å²) in [7, 11) is 6.15. The van der Waals surface area contributed by atoms with Gasteiger partial charge in [-0.25, -0.2) is 0 Å². The average molecular weight is 377 g/mol. The quantitative estimate of drug-likeness (QED) is 0.399. The van der Waals surface area contributed by atoms with Crippen molar-refractivity contribution < 1.29 is 27.7 Å². The van der Waals surface area contributed by atoms with Crippen LogP contribution in [-0.4, -0.2) is 37.2 Å². The van der Waals surface area contributed by atoms with Crippen molar-refractivity contribution in [2.75, 3.05) is 28.4 Å².